The Labute approximate surface area is 165 Å². The van der Waals surface area contributed by atoms with Crippen molar-refractivity contribution in [2.24, 2.45) is 0 Å². The Hall–Kier alpha value is -3.36. The van der Waals surface area contributed by atoms with E-state index in [1.165, 1.54) is 18.2 Å². The van der Waals surface area contributed by atoms with Crippen LogP contribution < -0.4 is 4.74 Å². The Morgan fingerprint density at radius 2 is 1.61 bits per heavy atom. The molecule has 0 atom stereocenters. The highest BCUT2D eigenvalue weighted by Crippen LogP contribution is 2.22. The molecule has 0 saturated heterocycles. The molecule has 3 rings (SSSR count). The molecule has 4 nitrogen and oxygen atoms in total. The highest BCUT2D eigenvalue weighted by atomic mass is 32.2. The first-order chi connectivity index (χ1) is 13.5. The fourth-order valence-electron chi connectivity index (χ4n) is 2.64. The van der Waals surface area contributed by atoms with Gasteiger partial charge in [0.05, 0.1) is 4.90 Å². The van der Waals surface area contributed by atoms with E-state index < -0.39 is 9.84 Å². The molecule has 140 valence electrons. The van der Waals surface area contributed by atoms with Crippen LogP contribution in [0.4, 0.5) is 0 Å². The zero-order chi connectivity index (χ0) is 20.0. The number of hydrogen-bond acceptors (Lipinski definition) is 4. The molecule has 0 unspecified atom stereocenters. The summed E-state index contributed by atoms with van der Waals surface area (Å²) in [5.74, 6) is 0.671. The molecule has 0 aliphatic rings. The number of ether oxygens (including phenoxy) is 1. The highest BCUT2D eigenvalue weighted by Gasteiger charge is 2.20. The van der Waals surface area contributed by atoms with Crippen molar-refractivity contribution in [3.8, 4) is 11.8 Å². The van der Waals surface area contributed by atoms with Gasteiger partial charge < -0.3 is 4.74 Å². The second kappa shape index (κ2) is 8.55. The van der Waals surface area contributed by atoms with Crippen LogP contribution in [0.1, 0.15) is 16.7 Å². The smallest absolute Gasteiger partial charge is 0.216 e. The minimum atomic E-state index is -3.84. The lowest BCUT2D eigenvalue weighted by atomic mass is 10.1. The zero-order valence-corrected chi connectivity index (χ0v) is 16.2. The second-order valence-corrected chi connectivity index (χ2v) is 8.14. The van der Waals surface area contributed by atoms with Crippen molar-refractivity contribution < 1.29 is 13.2 Å². The Kier molecular flexibility index (Phi) is 5.93. The number of hydrogen-bond donors (Lipinski definition) is 0. The van der Waals surface area contributed by atoms with Crippen molar-refractivity contribution in [1.82, 2.24) is 0 Å². The van der Waals surface area contributed by atoms with Gasteiger partial charge in [-0.15, -0.1) is 0 Å². The number of sulfone groups is 1. The lowest BCUT2D eigenvalue weighted by Gasteiger charge is -2.09. The van der Waals surface area contributed by atoms with E-state index in [1.807, 2.05) is 31.2 Å². The third-order valence-corrected chi connectivity index (χ3v) is 5.97. The van der Waals surface area contributed by atoms with Crippen molar-refractivity contribution in [1.29, 1.82) is 5.26 Å². The highest BCUT2D eigenvalue weighted by molar-refractivity contribution is 7.95. The first-order valence-corrected chi connectivity index (χ1v) is 10.2. The molecule has 0 amide bonds. The van der Waals surface area contributed by atoms with Crippen LogP contribution in [0.15, 0.2) is 88.7 Å². The maximum Gasteiger partial charge on any atom is 0.216 e. The van der Waals surface area contributed by atoms with E-state index in [0.717, 1.165) is 11.1 Å². The first kappa shape index (κ1) is 19.4. The van der Waals surface area contributed by atoms with Crippen LogP contribution in [-0.2, 0) is 16.4 Å². The van der Waals surface area contributed by atoms with E-state index in [-0.39, 0.29) is 9.80 Å². The molecule has 3 aromatic carbocycles. The summed E-state index contributed by atoms with van der Waals surface area (Å²) in [5, 5.41) is 9.35. The number of nitriles is 1. The van der Waals surface area contributed by atoms with E-state index >= 15 is 0 Å². The Morgan fingerprint density at radius 1 is 0.964 bits per heavy atom. The van der Waals surface area contributed by atoms with Gasteiger partial charge in [-0.2, -0.15) is 5.26 Å². The molecule has 0 aromatic heterocycles. The molecule has 0 fully saturated rings. The zero-order valence-electron chi connectivity index (χ0n) is 15.4. The average molecular weight is 389 g/mol. The number of benzene rings is 3. The molecule has 0 saturated carbocycles. The maximum atomic E-state index is 12.6. The standard InChI is InChI=1S/C23H19NO3S/c1-18-7-5-6-8-20(18)17-27-21-13-11-19(12-14-21)15-23(16-24)28(25,26)22-9-3-2-4-10-22/h2-15H,17H2,1H3. The Bertz CT molecular complexity index is 1130. The van der Waals surface area contributed by atoms with E-state index in [9.17, 15) is 13.7 Å². The molecule has 0 bridgehead atoms. The van der Waals surface area contributed by atoms with E-state index in [2.05, 4.69) is 0 Å². The van der Waals surface area contributed by atoms with Crippen molar-refractivity contribution in [3.05, 3.63) is 100 Å². The summed E-state index contributed by atoms with van der Waals surface area (Å²) in [4.78, 5) is -0.201. The summed E-state index contributed by atoms with van der Waals surface area (Å²) < 4.78 is 31.0. The van der Waals surface area contributed by atoms with Gasteiger partial charge in [-0.25, -0.2) is 8.42 Å². The minimum absolute atomic E-state index is 0.0981. The van der Waals surface area contributed by atoms with Gasteiger partial charge in [-0.05, 0) is 54.0 Å². The van der Waals surface area contributed by atoms with E-state index in [1.54, 1.807) is 48.5 Å². The van der Waals surface area contributed by atoms with Crippen LogP contribution in [-0.4, -0.2) is 8.42 Å². The summed E-state index contributed by atoms with van der Waals surface area (Å²) >= 11 is 0. The number of nitrogens with zero attached hydrogens (tertiary/aromatic N) is 1. The lowest BCUT2D eigenvalue weighted by Crippen LogP contribution is -2.03. The van der Waals surface area contributed by atoms with Crippen molar-refractivity contribution in [2.75, 3.05) is 0 Å². The quantitative estimate of drug-likeness (QED) is 0.562. The van der Waals surface area contributed by atoms with Crippen LogP contribution in [0.3, 0.4) is 0 Å². The topological polar surface area (TPSA) is 67.2 Å². The summed E-state index contributed by atoms with van der Waals surface area (Å²) in [5.41, 5.74) is 2.87. The molecule has 5 heteroatoms. The summed E-state index contributed by atoms with van der Waals surface area (Å²) in [7, 11) is -3.84. The van der Waals surface area contributed by atoms with Gasteiger partial charge in [0.1, 0.15) is 23.3 Å². The molecule has 28 heavy (non-hydrogen) atoms. The van der Waals surface area contributed by atoms with E-state index in [4.69, 9.17) is 4.74 Å². The van der Waals surface area contributed by atoms with Crippen molar-refractivity contribution in [2.45, 2.75) is 18.4 Å². The third kappa shape index (κ3) is 4.48. The van der Waals surface area contributed by atoms with Crippen LogP contribution in [0.5, 0.6) is 5.75 Å². The number of rotatable bonds is 6. The maximum absolute atomic E-state index is 12.6. The minimum Gasteiger partial charge on any atom is -0.489 e. The fourth-order valence-corrected chi connectivity index (χ4v) is 3.82. The van der Waals surface area contributed by atoms with Crippen LogP contribution >= 0.6 is 0 Å². The number of allylic oxidation sites excluding steroid dienone is 1. The monoisotopic (exact) mass is 389 g/mol. The van der Waals surface area contributed by atoms with Crippen LogP contribution in [0.25, 0.3) is 6.08 Å². The molecule has 0 aliphatic heterocycles. The van der Waals surface area contributed by atoms with E-state index in [0.29, 0.717) is 17.9 Å². The summed E-state index contributed by atoms with van der Waals surface area (Å²) in [6, 6.07) is 24.7. The predicted molar refractivity (Wildman–Crippen MR) is 109 cm³/mol. The van der Waals surface area contributed by atoms with Crippen LogP contribution in [0.2, 0.25) is 0 Å². The van der Waals surface area contributed by atoms with Gasteiger partial charge in [0, 0.05) is 0 Å². The lowest BCUT2D eigenvalue weighted by molar-refractivity contribution is 0.305. The molecule has 0 radical (unpaired) electrons. The number of aryl methyl sites for hydroxylation is 1. The summed E-state index contributed by atoms with van der Waals surface area (Å²) in [6.07, 6.45) is 1.37. The van der Waals surface area contributed by atoms with Crippen molar-refractivity contribution >= 4 is 15.9 Å². The fraction of sp³-hybridized carbons (Fsp3) is 0.0870. The van der Waals surface area contributed by atoms with Crippen LogP contribution in [0, 0.1) is 18.3 Å². The first-order valence-electron chi connectivity index (χ1n) is 8.70. The molecule has 3 aromatic rings. The molecule has 0 aliphatic carbocycles. The second-order valence-electron chi connectivity index (χ2n) is 6.22. The van der Waals surface area contributed by atoms with Gasteiger partial charge in [0.2, 0.25) is 9.84 Å². The SMILES string of the molecule is Cc1ccccc1COc1ccc(C=C(C#N)S(=O)(=O)c2ccccc2)cc1. The average Bonchev–Trinajstić information content (AvgIpc) is 2.73. The van der Waals surface area contributed by atoms with Gasteiger partial charge in [0.15, 0.2) is 0 Å². The molecule has 0 N–H and O–H groups in total. The third-order valence-electron chi connectivity index (χ3n) is 4.29. The molecular weight excluding hydrogens is 370 g/mol. The van der Waals surface area contributed by atoms with Crippen molar-refractivity contribution in [3.63, 3.8) is 0 Å². The molecule has 0 spiro atoms. The summed E-state index contributed by atoms with van der Waals surface area (Å²) in [6.45, 7) is 2.48. The Balaban J connectivity index is 1.77. The molecule has 0 heterocycles. The Morgan fingerprint density at radius 3 is 2.25 bits per heavy atom. The largest absolute Gasteiger partial charge is 0.489 e. The predicted octanol–water partition coefficient (Wildman–Crippen LogP) is 4.91. The van der Waals surface area contributed by atoms with Gasteiger partial charge in [-0.3, -0.25) is 0 Å². The van der Waals surface area contributed by atoms with Gasteiger partial charge >= 0.3 is 0 Å². The van der Waals surface area contributed by atoms with Gasteiger partial charge in [-0.1, -0.05) is 54.6 Å². The normalized spacial score (nSPS) is 11.6. The molecular formula is C23H19NO3S. The van der Waals surface area contributed by atoms with Gasteiger partial charge in [0.25, 0.3) is 0 Å².